The molecule has 0 unspecified atom stereocenters. The Bertz CT molecular complexity index is 135. The standard InChI is InChI=1S/Ca.ClO3.FH.Na.H2O4S/c;2-1(3)4;;;1-5(2,3)4/h;;1H;;(H2,1,2,3,4)/q+2;-1;;+1;/p-2. The van der Waals surface area contributed by atoms with Crippen LogP contribution in [0.2, 0.25) is 0 Å². The van der Waals surface area contributed by atoms with Crippen molar-refractivity contribution in [3.05, 3.63) is 0 Å². The number of hydrogen-bond donors (Lipinski definition) is 1. The van der Waals surface area contributed by atoms with Crippen LogP contribution in [0.3, 0.4) is 0 Å². The van der Waals surface area contributed by atoms with Crippen molar-refractivity contribution >= 4 is 48.1 Å². The van der Waals surface area contributed by atoms with E-state index in [9.17, 15) is 0 Å². The van der Waals surface area contributed by atoms with Crippen molar-refractivity contribution in [3.8, 4) is 0 Å². The normalized spacial score (nSPS) is 7.83. The van der Waals surface area contributed by atoms with Crippen LogP contribution in [0.15, 0.2) is 0 Å². The summed E-state index contributed by atoms with van der Waals surface area (Å²) in [5.41, 5.74) is 0. The van der Waals surface area contributed by atoms with Crippen LogP contribution in [-0.4, -0.2) is 55.3 Å². The molecule has 0 atom stereocenters. The average Bonchev–Trinajstić information content (AvgIpc) is 1.19. The molecule has 7 nitrogen and oxygen atoms in total. The van der Waals surface area contributed by atoms with Gasteiger partial charge >= 0.3 is 67.3 Å². The summed E-state index contributed by atoms with van der Waals surface area (Å²) in [5, 5.41) is 0. The summed E-state index contributed by atoms with van der Waals surface area (Å²) in [4.78, 5) is 0. The van der Waals surface area contributed by atoms with Gasteiger partial charge in [-0.15, -0.1) is 0 Å². The van der Waals surface area contributed by atoms with Crippen molar-refractivity contribution in [2.75, 3.05) is 0 Å². The minimum atomic E-state index is -4.92. The number of rotatable bonds is 0. The second-order valence-electron chi connectivity index (χ2n) is 0.617. The third-order valence-corrected chi connectivity index (χ3v) is 0. The summed E-state index contributed by atoms with van der Waals surface area (Å²) in [7, 11) is -7.77. The molecule has 0 aliphatic rings. The third-order valence-electron chi connectivity index (χ3n) is 0. The van der Waals surface area contributed by atoms with Crippen molar-refractivity contribution in [1.29, 1.82) is 0 Å². The second kappa shape index (κ2) is 15.7. The summed E-state index contributed by atoms with van der Waals surface area (Å²) in [6.45, 7) is 0. The fourth-order valence-corrected chi connectivity index (χ4v) is 0. The molecule has 0 bridgehead atoms. The molecule has 1 N–H and O–H groups in total. The molecule has 0 heterocycles. The topological polar surface area (TPSA) is 147 Å². The zero-order valence-corrected chi connectivity index (χ0v) is 11.5. The van der Waals surface area contributed by atoms with Gasteiger partial charge in [0.15, 0.2) is 0 Å². The molecule has 0 rings (SSSR count). The molecular formula is HCaClFNaO7S. The fourth-order valence-electron chi connectivity index (χ4n) is 0. The van der Waals surface area contributed by atoms with Gasteiger partial charge in [-0.05, 0) is 0 Å². The van der Waals surface area contributed by atoms with Gasteiger partial charge < -0.3 is 23.2 Å². The van der Waals surface area contributed by atoms with E-state index < -0.39 is 21.2 Å². The van der Waals surface area contributed by atoms with Gasteiger partial charge in [-0.3, -0.25) is 4.55 Å². The first-order chi connectivity index (χ1) is 3.73. The number of halogens is 2. The molecule has 0 amide bonds. The van der Waals surface area contributed by atoms with E-state index in [0.717, 1.165) is 0 Å². The van der Waals surface area contributed by atoms with E-state index in [4.69, 9.17) is 31.5 Å². The van der Waals surface area contributed by atoms with Gasteiger partial charge in [0.25, 0.3) is 0 Å². The van der Waals surface area contributed by atoms with E-state index in [2.05, 4.69) is 0 Å². The van der Waals surface area contributed by atoms with E-state index in [-0.39, 0.29) is 72.0 Å². The average molecular weight is 263 g/mol. The van der Waals surface area contributed by atoms with E-state index in [1.807, 2.05) is 0 Å². The first-order valence-corrected chi connectivity index (χ1v) is 3.44. The van der Waals surface area contributed by atoms with Gasteiger partial charge in [0, 0.05) is 0 Å². The van der Waals surface area contributed by atoms with Crippen molar-refractivity contribution < 1.29 is 76.5 Å². The Kier molecular flexibility index (Phi) is 38.2. The fraction of sp³-hybridized carbons (Fsp3) is 0. The maximum Gasteiger partial charge on any atom is 2.00 e. The Morgan fingerprint density at radius 3 is 1.17 bits per heavy atom. The molecule has 0 aromatic carbocycles. The molecule has 12 heteroatoms. The van der Waals surface area contributed by atoms with Crippen LogP contribution in [0, 0.1) is 10.8 Å². The van der Waals surface area contributed by atoms with Crippen LogP contribution in [0.5, 0.6) is 0 Å². The van der Waals surface area contributed by atoms with Crippen LogP contribution in [-0.2, 0) is 10.4 Å². The summed E-state index contributed by atoms with van der Waals surface area (Å²) < 4.78 is 58.1. The van der Waals surface area contributed by atoms with E-state index in [1.165, 1.54) is 0 Å². The summed E-state index contributed by atoms with van der Waals surface area (Å²) >= 11 is 0. The molecule has 0 saturated carbocycles. The smallest absolute Gasteiger partial charge is 1.00 e. The Morgan fingerprint density at radius 1 is 1.17 bits per heavy atom. The van der Waals surface area contributed by atoms with Crippen LogP contribution in [0.4, 0.5) is 0 Å². The van der Waals surface area contributed by atoms with E-state index >= 15 is 0 Å². The van der Waals surface area contributed by atoms with Gasteiger partial charge in [0.2, 0.25) is 10.4 Å². The summed E-state index contributed by atoms with van der Waals surface area (Å²) in [6, 6.07) is 0. The molecule has 0 fully saturated rings. The second-order valence-corrected chi connectivity index (χ2v) is 1.85. The predicted octanol–water partition coefficient (Wildman–Crippen LogP) is -10.9. The van der Waals surface area contributed by atoms with Crippen LogP contribution in [0.1, 0.15) is 0 Å². The van der Waals surface area contributed by atoms with E-state index in [0.29, 0.717) is 0 Å². The largest absolute Gasteiger partial charge is 2.00 e. The molecule has 0 aromatic heterocycles. The molecule has 0 saturated heterocycles. The number of hydrogen-bond acceptors (Lipinski definition) is 6. The van der Waals surface area contributed by atoms with Gasteiger partial charge in [-0.2, -0.15) is 0 Å². The predicted molar refractivity (Wildman–Crippen MR) is 18.1 cm³/mol. The Balaban J connectivity index is -0.0000000221. The van der Waals surface area contributed by atoms with Gasteiger partial charge in [0.05, 0.1) is 10.8 Å². The summed E-state index contributed by atoms with van der Waals surface area (Å²) in [6.07, 6.45) is 0. The van der Waals surface area contributed by atoms with Crippen molar-refractivity contribution in [1.82, 2.24) is 0 Å². The molecule has 0 aromatic rings. The van der Waals surface area contributed by atoms with Crippen LogP contribution in [0.25, 0.3) is 0 Å². The van der Waals surface area contributed by atoms with Crippen molar-refractivity contribution in [2.45, 2.75) is 0 Å². The van der Waals surface area contributed by atoms with Gasteiger partial charge in [-0.25, -0.2) is 8.42 Å². The summed E-state index contributed by atoms with van der Waals surface area (Å²) in [5.74, 6) is 0. The van der Waals surface area contributed by atoms with Crippen LogP contribution >= 0.6 is 0 Å². The minimum Gasteiger partial charge on any atom is -1.00 e. The maximum atomic E-state index is 8.63. The molecule has 0 aliphatic carbocycles. The van der Waals surface area contributed by atoms with Crippen molar-refractivity contribution in [3.63, 3.8) is 0 Å². The first-order valence-electron chi connectivity index (χ1n) is 1.15. The van der Waals surface area contributed by atoms with Crippen LogP contribution < -0.4 is 48.2 Å². The molecule has 0 radical (unpaired) electrons. The van der Waals surface area contributed by atoms with Gasteiger partial charge in [-0.1, -0.05) is 0 Å². The Hall–Kier alpha value is 2.23. The SMILES string of the molecule is O=S(=O)([O-])O.[Ca+2].[F-].[Na+].[O-][Cl+2]([O-])[O-]. The molecule has 66 valence electrons. The quantitative estimate of drug-likeness (QED) is 0.259. The molecule has 12 heavy (non-hydrogen) atoms. The zero-order chi connectivity index (χ0) is 8.08. The molecular weight excluding hydrogens is 262 g/mol. The Labute approximate surface area is 123 Å². The first kappa shape index (κ1) is 29.2. The molecule has 0 aliphatic heterocycles. The molecule has 0 spiro atoms. The minimum absolute atomic E-state index is 0. The van der Waals surface area contributed by atoms with E-state index in [1.54, 1.807) is 0 Å². The zero-order valence-electron chi connectivity index (χ0n) is 5.77. The Morgan fingerprint density at radius 2 is 1.17 bits per heavy atom. The third kappa shape index (κ3) is 310. The van der Waals surface area contributed by atoms with Crippen molar-refractivity contribution in [2.24, 2.45) is 0 Å². The monoisotopic (exact) mass is 262 g/mol. The maximum absolute atomic E-state index is 8.63. The van der Waals surface area contributed by atoms with Gasteiger partial charge in [0.1, 0.15) is 0 Å².